The molecule has 20 nitrogen and oxygen atoms in total. The SMILES string of the molecule is CCC(C)(C)C(=O)OC(C)C(F)(F)S(=O)(=O)[O-].CCC(C)(C)C(=O)OC1(CC)CC2CC1C1C3CCC(C3)C21.CCC(C)(C)C(=O)OC1C2CC3C(=O)OC1C3O2.CCC(C)(C)C(=O)OC1CCN(C(=O)OC(C)(C)C)CC1.CCC(C)(C)C(=O)Oc1ccc(O)cc1.c1ccc([S+](c2ccccc2)c2ccccc2)cc1. The normalized spacial score (nSPS) is 25.1. The van der Waals surface area contributed by atoms with Gasteiger partial charge in [-0.15, -0.1) is 0 Å². The summed E-state index contributed by atoms with van der Waals surface area (Å²) in [5, 5.41) is 4.42. The summed E-state index contributed by atoms with van der Waals surface area (Å²) in [6, 6.07) is 38.3. The van der Waals surface area contributed by atoms with Crippen molar-refractivity contribution in [3.63, 3.8) is 0 Å². The van der Waals surface area contributed by atoms with Crippen LogP contribution in [0.25, 0.3) is 0 Å². The Hall–Kier alpha value is -7.15. The van der Waals surface area contributed by atoms with E-state index in [4.69, 9.17) is 38.3 Å². The van der Waals surface area contributed by atoms with Gasteiger partial charge in [0, 0.05) is 31.8 Å². The number of fused-ring (bicyclic) bond motifs is 10. The number of halogens is 2. The van der Waals surface area contributed by atoms with E-state index in [9.17, 15) is 55.3 Å². The lowest BCUT2D eigenvalue weighted by Gasteiger charge is -2.46. The van der Waals surface area contributed by atoms with Crippen LogP contribution in [0.4, 0.5) is 13.6 Å². The molecule has 4 aromatic carbocycles. The van der Waals surface area contributed by atoms with Crippen LogP contribution in [-0.2, 0) is 82.9 Å². The molecule has 1 amide bonds. The van der Waals surface area contributed by atoms with Crippen molar-refractivity contribution in [3.05, 3.63) is 115 Å². The number of piperidine rings is 1. The lowest BCUT2D eigenvalue weighted by Crippen LogP contribution is -2.49. The summed E-state index contributed by atoms with van der Waals surface area (Å²) in [6.07, 6.45) is 9.37. The first-order chi connectivity index (χ1) is 52.2. The molecule has 1 N–H and O–H groups in total. The molecule has 4 aliphatic carbocycles. The highest BCUT2D eigenvalue weighted by Gasteiger charge is 2.69. The quantitative estimate of drug-likeness (QED) is 0.0203. The minimum Gasteiger partial charge on any atom is -0.743 e. The van der Waals surface area contributed by atoms with E-state index in [1.807, 2.05) is 96.9 Å². The van der Waals surface area contributed by atoms with Gasteiger partial charge in [0.25, 0.3) is 0 Å². The summed E-state index contributed by atoms with van der Waals surface area (Å²) in [4.78, 5) is 89.2. The number of alkyl halides is 2. The summed E-state index contributed by atoms with van der Waals surface area (Å²) in [5.74, 6) is 4.04. The van der Waals surface area contributed by atoms with Gasteiger partial charge in [0.1, 0.15) is 34.9 Å². The Morgan fingerprint density at radius 2 is 1.03 bits per heavy atom. The van der Waals surface area contributed by atoms with Crippen molar-refractivity contribution in [1.29, 1.82) is 0 Å². The molecule has 0 radical (unpaired) electrons. The number of rotatable bonds is 21. The Kier molecular flexibility index (Phi) is 30.9. The molecule has 6 bridgehead atoms. The van der Waals surface area contributed by atoms with E-state index in [1.54, 1.807) is 24.0 Å². The number of carbonyl (C=O) groups excluding carboxylic acids is 7. The smallest absolute Gasteiger partial charge is 0.410 e. The van der Waals surface area contributed by atoms with Crippen LogP contribution < -0.4 is 4.74 Å². The largest absolute Gasteiger partial charge is 0.743 e. The van der Waals surface area contributed by atoms with E-state index in [0.717, 1.165) is 61.7 Å². The van der Waals surface area contributed by atoms with Crippen LogP contribution in [0, 0.1) is 68.5 Å². The Morgan fingerprint density at radius 1 is 0.580 bits per heavy atom. The fourth-order valence-corrected chi connectivity index (χ4v) is 17.8. The van der Waals surface area contributed by atoms with E-state index in [1.165, 1.54) is 66.3 Å². The number of amides is 1. The van der Waals surface area contributed by atoms with Crippen LogP contribution in [0.3, 0.4) is 0 Å². The molecule has 4 aromatic rings. The molecule has 622 valence electrons. The number of carbonyl (C=O) groups is 7. The molecule has 4 aliphatic heterocycles. The van der Waals surface area contributed by atoms with Crippen molar-refractivity contribution in [2.75, 3.05) is 13.1 Å². The molecular weight excluding hydrogens is 1480 g/mol. The highest BCUT2D eigenvalue weighted by atomic mass is 32.2. The van der Waals surface area contributed by atoms with E-state index < -0.39 is 66.9 Å². The number of esters is 6. The van der Waals surface area contributed by atoms with Crippen molar-refractivity contribution in [2.24, 2.45) is 68.5 Å². The number of phenols is 1. The predicted octanol–water partition coefficient (Wildman–Crippen LogP) is 18.2. The van der Waals surface area contributed by atoms with E-state index in [-0.39, 0.29) is 87.8 Å². The lowest BCUT2D eigenvalue weighted by atomic mass is 9.65. The number of hydrogen-bond donors (Lipinski definition) is 1. The summed E-state index contributed by atoms with van der Waals surface area (Å²) in [6.45, 7) is 37.4. The van der Waals surface area contributed by atoms with Crippen molar-refractivity contribution < 1.29 is 98.3 Å². The van der Waals surface area contributed by atoms with Gasteiger partial charge in [-0.1, -0.05) is 96.1 Å². The molecule has 0 spiro atoms. The second-order valence-electron chi connectivity index (χ2n) is 35.3. The molecule has 13 unspecified atom stereocenters. The van der Waals surface area contributed by atoms with Gasteiger partial charge in [0.15, 0.2) is 43.1 Å². The molecular formula is C88H125F2NO19S2. The fraction of sp³-hybridized carbons (Fsp3) is 0.648. The van der Waals surface area contributed by atoms with Crippen LogP contribution >= 0.6 is 0 Å². The van der Waals surface area contributed by atoms with Crippen molar-refractivity contribution >= 4 is 62.9 Å². The third kappa shape index (κ3) is 22.5. The predicted molar refractivity (Wildman–Crippen MR) is 422 cm³/mol. The third-order valence-corrected chi connectivity index (χ3v) is 27.7. The highest BCUT2D eigenvalue weighted by molar-refractivity contribution is 7.97. The number of benzene rings is 4. The molecule has 8 aliphatic rings. The number of hydrogen-bond acceptors (Lipinski definition) is 19. The van der Waals surface area contributed by atoms with Gasteiger partial charge in [-0.2, -0.15) is 8.78 Å². The van der Waals surface area contributed by atoms with Crippen LogP contribution in [0.1, 0.15) is 228 Å². The minimum atomic E-state index is -5.86. The van der Waals surface area contributed by atoms with Crippen LogP contribution in [0.5, 0.6) is 11.5 Å². The molecule has 24 heteroatoms. The van der Waals surface area contributed by atoms with Crippen LogP contribution in [0.2, 0.25) is 0 Å². The second-order valence-corrected chi connectivity index (χ2v) is 38.8. The van der Waals surface area contributed by atoms with Gasteiger partial charge in [0.05, 0.1) is 50.0 Å². The Morgan fingerprint density at radius 3 is 1.48 bits per heavy atom. The molecule has 0 aromatic heterocycles. The molecule has 4 heterocycles. The Labute approximate surface area is 667 Å². The highest BCUT2D eigenvalue weighted by Crippen LogP contribution is 2.71. The fourth-order valence-electron chi connectivity index (χ4n) is 15.2. The van der Waals surface area contributed by atoms with Gasteiger partial charge in [-0.3, -0.25) is 28.8 Å². The molecule has 8 fully saturated rings. The zero-order valence-corrected chi connectivity index (χ0v) is 71.2. The maximum absolute atomic E-state index is 13.0. The van der Waals surface area contributed by atoms with Gasteiger partial charge >= 0.3 is 47.2 Å². The van der Waals surface area contributed by atoms with Gasteiger partial charge < -0.3 is 52.5 Å². The van der Waals surface area contributed by atoms with Crippen LogP contribution in [-0.4, -0.2) is 131 Å². The van der Waals surface area contributed by atoms with Gasteiger partial charge in [0.2, 0.25) is 0 Å². The van der Waals surface area contributed by atoms with E-state index >= 15 is 0 Å². The maximum Gasteiger partial charge on any atom is 0.410 e. The number of nitrogens with zero attached hydrogens (tertiary/aromatic N) is 1. The monoisotopic (exact) mass is 1600 g/mol. The Balaban J connectivity index is 0.000000187. The van der Waals surface area contributed by atoms with E-state index in [2.05, 4.69) is 110 Å². The number of ether oxygens (including phenoxy) is 8. The van der Waals surface area contributed by atoms with Gasteiger partial charge in [-0.05, 0) is 264 Å². The molecule has 4 saturated carbocycles. The van der Waals surface area contributed by atoms with Crippen LogP contribution in [0.15, 0.2) is 130 Å². The van der Waals surface area contributed by atoms with Gasteiger partial charge in [-0.25, -0.2) is 13.2 Å². The molecule has 112 heavy (non-hydrogen) atoms. The first-order valence-corrected chi connectivity index (χ1v) is 42.7. The minimum absolute atomic E-state index is 0.0146. The summed E-state index contributed by atoms with van der Waals surface area (Å²) < 4.78 is 100. The number of likely N-dealkylation sites (tertiary alicyclic amines) is 1. The average molecular weight is 1600 g/mol. The standard InChI is InChI=1S/C20H32O2.C18H15S.C16H29NO4.C13H18O5.C12H16O3.C9H16F2O5S/c1-5-19(3,4)18(21)22-20(6-2)11-14-10-15(20)17-13-8-7-12(9-13)16(14)17;1-4-10-16(11-5-1)19(17-12-6-2-7-13-17)18-14-8-3-9-15-18;1-7-16(5,6)13(18)20-12-8-10-17(11-9-12)14(19)21-15(2,3)4;1-4-13(2,3)12(15)18-9-7-5-6-8(16-7)10(9)17-11(6)14;1-4-12(2,3)11(14)15-10-7-5-9(13)6-8-10;1-5-8(3,4)7(12)16-6(2)9(10,11)17(13,14)15/h12-17H,5-11H2,1-4H3;1-15H;12H,7-11H2,1-6H3;6-10H,4-5H2,1-3H3;5-8,13H,4H2,1-3H3;6H,5H2,1-4H3,(H,13,14,15)/q;+1;;;;/p-1. The summed E-state index contributed by atoms with van der Waals surface area (Å²) >= 11 is 0. The second kappa shape index (κ2) is 37.6. The first kappa shape index (κ1) is 92.0. The molecule has 12 rings (SSSR count). The molecule has 13 atom stereocenters. The summed E-state index contributed by atoms with van der Waals surface area (Å²) in [7, 11) is -5.87. The van der Waals surface area contributed by atoms with Crippen molar-refractivity contribution in [1.82, 2.24) is 4.90 Å². The number of phenolic OH excluding ortho intramolecular Hbond substituents is 1. The summed E-state index contributed by atoms with van der Waals surface area (Å²) in [5.41, 5.74) is -3.38. The van der Waals surface area contributed by atoms with Crippen molar-refractivity contribution in [3.8, 4) is 11.5 Å². The third-order valence-electron chi connectivity index (χ3n) is 24.4. The average Bonchev–Trinajstić information content (AvgIpc) is 1.54. The van der Waals surface area contributed by atoms with Crippen molar-refractivity contribution in [2.45, 2.75) is 296 Å². The molecule has 4 saturated heterocycles. The van der Waals surface area contributed by atoms with E-state index in [0.29, 0.717) is 63.8 Å². The Bertz CT molecular complexity index is 3820. The zero-order chi connectivity index (χ0) is 83.5. The topological polar surface area (TPSA) is 274 Å². The number of aromatic hydroxyl groups is 1. The zero-order valence-electron chi connectivity index (χ0n) is 69.6. The lowest BCUT2D eigenvalue weighted by molar-refractivity contribution is -0.183. The maximum atomic E-state index is 13.0. The first-order valence-electron chi connectivity index (χ1n) is 40.1.